The van der Waals surface area contributed by atoms with Gasteiger partial charge in [0.2, 0.25) is 0 Å². The Balaban J connectivity index is 1.79. The fourth-order valence-corrected chi connectivity index (χ4v) is 2.75. The molecule has 0 aliphatic heterocycles. The van der Waals surface area contributed by atoms with Gasteiger partial charge in [0.05, 0.1) is 11.1 Å². The molecule has 0 saturated carbocycles. The Kier molecular flexibility index (Phi) is 6.24. The number of halogens is 1. The molecule has 22 heavy (non-hydrogen) atoms. The molecule has 0 radical (unpaired) electrons. The number of nitrogens with zero attached hydrogens (tertiary/aromatic N) is 1. The van der Waals surface area contributed by atoms with E-state index in [0.717, 1.165) is 0 Å². The van der Waals surface area contributed by atoms with Gasteiger partial charge in [-0.05, 0) is 43.3 Å². The van der Waals surface area contributed by atoms with Crippen molar-refractivity contribution in [1.29, 1.82) is 0 Å². The zero-order chi connectivity index (χ0) is 15.9. The maximum atomic E-state index is 11.2. The van der Waals surface area contributed by atoms with Crippen LogP contribution in [0.15, 0.2) is 47.6 Å². The molecule has 116 valence electrons. The maximum Gasteiger partial charge on any atom is 0.159 e. The number of pyridine rings is 1. The Labute approximate surface area is 138 Å². The predicted octanol–water partition coefficient (Wildman–Crippen LogP) is 3.47. The fourth-order valence-electron chi connectivity index (χ4n) is 1.68. The van der Waals surface area contributed by atoms with Crippen molar-refractivity contribution in [1.82, 2.24) is 4.98 Å². The predicted molar refractivity (Wildman–Crippen MR) is 87.9 cm³/mol. The third kappa shape index (κ3) is 5.02. The monoisotopic (exact) mass is 337 g/mol. The van der Waals surface area contributed by atoms with E-state index in [-0.39, 0.29) is 12.4 Å². The minimum absolute atomic E-state index is 0.00947. The zero-order valence-corrected chi connectivity index (χ0v) is 13.6. The SMILES string of the molecule is CC(=O)c1ccc(OCC(O)CSc2ncccc2Cl)cc1. The third-order valence-corrected chi connectivity index (χ3v) is 4.41. The van der Waals surface area contributed by atoms with Crippen molar-refractivity contribution < 1.29 is 14.6 Å². The van der Waals surface area contributed by atoms with Crippen molar-refractivity contribution in [2.45, 2.75) is 18.1 Å². The molecule has 4 nitrogen and oxygen atoms in total. The summed E-state index contributed by atoms with van der Waals surface area (Å²) in [5, 5.41) is 11.2. The van der Waals surface area contributed by atoms with E-state index in [1.807, 2.05) is 0 Å². The van der Waals surface area contributed by atoms with Crippen molar-refractivity contribution in [3.05, 3.63) is 53.2 Å². The average molecular weight is 338 g/mol. The first-order chi connectivity index (χ1) is 10.6. The first-order valence-electron chi connectivity index (χ1n) is 6.71. The largest absolute Gasteiger partial charge is 0.491 e. The lowest BCUT2D eigenvalue weighted by molar-refractivity contribution is 0.101. The number of aliphatic hydroxyl groups excluding tert-OH is 1. The number of aliphatic hydroxyl groups is 1. The molecule has 0 saturated heterocycles. The lowest BCUT2D eigenvalue weighted by atomic mass is 10.1. The van der Waals surface area contributed by atoms with E-state index in [0.29, 0.717) is 27.1 Å². The summed E-state index contributed by atoms with van der Waals surface area (Å²) in [4.78, 5) is 15.3. The molecule has 1 unspecified atom stereocenters. The van der Waals surface area contributed by atoms with Crippen LogP contribution in [0.25, 0.3) is 0 Å². The van der Waals surface area contributed by atoms with E-state index in [9.17, 15) is 9.90 Å². The number of thioether (sulfide) groups is 1. The van der Waals surface area contributed by atoms with E-state index in [1.54, 1.807) is 42.6 Å². The molecular weight excluding hydrogens is 322 g/mol. The average Bonchev–Trinajstić information content (AvgIpc) is 2.52. The molecule has 0 bridgehead atoms. The number of ether oxygens (including phenoxy) is 1. The van der Waals surface area contributed by atoms with E-state index in [1.165, 1.54) is 18.7 Å². The number of ketones is 1. The van der Waals surface area contributed by atoms with Crippen LogP contribution in [-0.2, 0) is 0 Å². The van der Waals surface area contributed by atoms with Crippen LogP contribution >= 0.6 is 23.4 Å². The summed E-state index contributed by atoms with van der Waals surface area (Å²) in [5.74, 6) is 1.06. The van der Waals surface area contributed by atoms with Crippen LogP contribution in [-0.4, -0.2) is 34.3 Å². The molecule has 6 heteroatoms. The molecule has 1 N–H and O–H groups in total. The summed E-state index contributed by atoms with van der Waals surface area (Å²) in [7, 11) is 0. The van der Waals surface area contributed by atoms with Crippen LogP contribution in [0.4, 0.5) is 0 Å². The first-order valence-corrected chi connectivity index (χ1v) is 8.08. The second kappa shape index (κ2) is 8.17. The van der Waals surface area contributed by atoms with Gasteiger partial charge in [0.15, 0.2) is 5.78 Å². The highest BCUT2D eigenvalue weighted by atomic mass is 35.5. The maximum absolute atomic E-state index is 11.2. The molecule has 1 heterocycles. The molecule has 0 aliphatic rings. The van der Waals surface area contributed by atoms with Gasteiger partial charge in [0, 0.05) is 17.5 Å². The Hall–Kier alpha value is -1.56. The number of hydrogen-bond acceptors (Lipinski definition) is 5. The summed E-state index contributed by atoms with van der Waals surface area (Å²) in [6.07, 6.45) is 1.02. The Morgan fingerprint density at radius 1 is 1.36 bits per heavy atom. The van der Waals surface area contributed by atoms with Crippen molar-refractivity contribution in [2.75, 3.05) is 12.4 Å². The van der Waals surface area contributed by atoms with E-state index < -0.39 is 6.10 Å². The highest BCUT2D eigenvalue weighted by Crippen LogP contribution is 2.24. The summed E-state index contributed by atoms with van der Waals surface area (Å²) >= 11 is 7.38. The summed E-state index contributed by atoms with van der Waals surface area (Å²) in [6.45, 7) is 1.68. The van der Waals surface area contributed by atoms with Crippen molar-refractivity contribution >= 4 is 29.1 Å². The van der Waals surface area contributed by atoms with Crippen LogP contribution in [0, 0.1) is 0 Å². The molecule has 0 spiro atoms. The van der Waals surface area contributed by atoms with Gasteiger partial charge in [0.1, 0.15) is 17.4 Å². The van der Waals surface area contributed by atoms with Gasteiger partial charge >= 0.3 is 0 Å². The summed E-state index contributed by atoms with van der Waals surface area (Å²) in [6, 6.07) is 10.4. The molecule has 1 atom stereocenters. The van der Waals surface area contributed by atoms with Crippen molar-refractivity contribution in [3.63, 3.8) is 0 Å². The van der Waals surface area contributed by atoms with E-state index in [4.69, 9.17) is 16.3 Å². The topological polar surface area (TPSA) is 59.4 Å². The number of aromatic nitrogens is 1. The van der Waals surface area contributed by atoms with Crippen molar-refractivity contribution in [2.24, 2.45) is 0 Å². The number of hydrogen-bond donors (Lipinski definition) is 1. The minimum atomic E-state index is -0.643. The second-order valence-corrected chi connectivity index (χ2v) is 6.06. The Morgan fingerprint density at radius 3 is 2.73 bits per heavy atom. The Morgan fingerprint density at radius 2 is 2.09 bits per heavy atom. The van der Waals surface area contributed by atoms with Gasteiger partial charge in [-0.2, -0.15) is 0 Å². The van der Waals surface area contributed by atoms with Gasteiger partial charge in [-0.25, -0.2) is 4.98 Å². The number of carbonyl (C=O) groups excluding carboxylic acids is 1. The third-order valence-electron chi connectivity index (χ3n) is 2.84. The molecule has 0 aliphatic carbocycles. The van der Waals surface area contributed by atoms with Crippen LogP contribution in [0.5, 0.6) is 5.75 Å². The second-order valence-electron chi connectivity index (χ2n) is 4.65. The lowest BCUT2D eigenvalue weighted by Gasteiger charge is -2.12. The smallest absolute Gasteiger partial charge is 0.159 e. The lowest BCUT2D eigenvalue weighted by Crippen LogP contribution is -2.20. The highest BCUT2D eigenvalue weighted by molar-refractivity contribution is 7.99. The molecule has 1 aromatic carbocycles. The van der Waals surface area contributed by atoms with Gasteiger partial charge in [-0.3, -0.25) is 4.79 Å². The normalized spacial score (nSPS) is 12.0. The van der Waals surface area contributed by atoms with Crippen molar-refractivity contribution in [3.8, 4) is 5.75 Å². The van der Waals surface area contributed by atoms with Gasteiger partial charge < -0.3 is 9.84 Å². The van der Waals surface area contributed by atoms with Gasteiger partial charge in [0.25, 0.3) is 0 Å². The standard InChI is InChI=1S/C16H16ClNO3S/c1-11(19)12-4-6-14(7-5-12)21-9-13(20)10-22-16-15(17)3-2-8-18-16/h2-8,13,20H,9-10H2,1H3. The molecule has 1 aromatic heterocycles. The van der Waals surface area contributed by atoms with E-state index >= 15 is 0 Å². The van der Waals surface area contributed by atoms with Crippen LogP contribution < -0.4 is 4.74 Å². The molecule has 2 rings (SSSR count). The van der Waals surface area contributed by atoms with Gasteiger partial charge in [-0.1, -0.05) is 11.6 Å². The molecule has 0 amide bonds. The number of rotatable bonds is 7. The first kappa shape index (κ1) is 16.8. The molecule has 2 aromatic rings. The Bertz CT molecular complexity index is 634. The minimum Gasteiger partial charge on any atom is -0.491 e. The zero-order valence-electron chi connectivity index (χ0n) is 12.0. The van der Waals surface area contributed by atoms with Crippen LogP contribution in [0.1, 0.15) is 17.3 Å². The van der Waals surface area contributed by atoms with Crippen LogP contribution in [0.2, 0.25) is 5.02 Å². The fraction of sp³-hybridized carbons (Fsp3) is 0.250. The molecule has 0 fully saturated rings. The summed E-state index contributed by atoms with van der Waals surface area (Å²) < 4.78 is 5.49. The van der Waals surface area contributed by atoms with E-state index in [2.05, 4.69) is 4.98 Å². The number of benzene rings is 1. The quantitative estimate of drug-likeness (QED) is 0.619. The number of Topliss-reactive ketones (excluding diaryl/α,β-unsaturated/α-hetero) is 1. The van der Waals surface area contributed by atoms with Gasteiger partial charge in [-0.15, -0.1) is 11.8 Å². The number of carbonyl (C=O) groups is 1. The van der Waals surface area contributed by atoms with Crippen LogP contribution in [0.3, 0.4) is 0 Å². The highest BCUT2D eigenvalue weighted by Gasteiger charge is 2.09. The summed E-state index contributed by atoms with van der Waals surface area (Å²) in [5.41, 5.74) is 0.633. The molecular formula is C16H16ClNO3S.